The number of aliphatic hydroxyl groups is 1. The number of anilines is 3. The highest BCUT2D eigenvalue weighted by molar-refractivity contribution is 5.76. The van der Waals surface area contributed by atoms with Crippen LogP contribution in [0.5, 0.6) is 0 Å². The van der Waals surface area contributed by atoms with Gasteiger partial charge in [-0.1, -0.05) is 0 Å². The minimum absolute atomic E-state index is 0.0449. The molecule has 0 radical (unpaired) electrons. The number of aliphatic hydroxyl groups excluding tert-OH is 1. The summed E-state index contributed by atoms with van der Waals surface area (Å²) < 4.78 is 89.2. The third kappa shape index (κ3) is 4.09. The molecule has 3 heterocycles. The summed E-state index contributed by atoms with van der Waals surface area (Å²) in [5.74, 6) is -3.96. The third-order valence-electron chi connectivity index (χ3n) is 5.45. The maximum Gasteiger partial charge on any atom is 0.224 e. The van der Waals surface area contributed by atoms with E-state index in [2.05, 4.69) is 25.6 Å². The molecule has 1 saturated carbocycles. The fourth-order valence-corrected chi connectivity index (χ4v) is 3.84. The third-order valence-corrected chi connectivity index (χ3v) is 5.45. The second-order valence-corrected chi connectivity index (χ2v) is 7.67. The maximum absolute atomic E-state index is 14.4. The van der Waals surface area contributed by atoms with Crippen molar-refractivity contribution in [2.45, 2.75) is 50.2 Å². The van der Waals surface area contributed by atoms with Gasteiger partial charge in [0, 0.05) is 27.5 Å². The SMILES string of the molecule is [2H]C1OC([2H])([2H])C([2H])([2H])C1n1c(Nc2c(F)cc(F)cc2F)nc2cnc(NC3CCC(O)CC3)nc21. The number of hydrogen-bond donors (Lipinski definition) is 3. The van der Waals surface area contributed by atoms with Crippen molar-refractivity contribution < 1.29 is 29.9 Å². The van der Waals surface area contributed by atoms with Gasteiger partial charge in [0.2, 0.25) is 11.9 Å². The zero-order valence-electron chi connectivity index (χ0n) is 21.6. The van der Waals surface area contributed by atoms with Gasteiger partial charge in [0.25, 0.3) is 0 Å². The average Bonchev–Trinajstić information content (AvgIpc) is 3.21. The zero-order valence-corrected chi connectivity index (χ0v) is 16.6. The molecule has 170 valence electrons. The van der Waals surface area contributed by atoms with Gasteiger partial charge in [0.1, 0.15) is 17.0 Å². The average molecular weight is 453 g/mol. The van der Waals surface area contributed by atoms with Gasteiger partial charge in [-0.25, -0.2) is 23.1 Å². The van der Waals surface area contributed by atoms with E-state index in [1.165, 1.54) is 6.20 Å². The number of halogens is 3. The van der Waals surface area contributed by atoms with Gasteiger partial charge in [-0.2, -0.15) is 4.98 Å². The monoisotopic (exact) mass is 453 g/mol. The second kappa shape index (κ2) is 8.55. The quantitative estimate of drug-likeness (QED) is 0.542. The minimum Gasteiger partial charge on any atom is -0.393 e. The number of rotatable bonds is 5. The summed E-state index contributed by atoms with van der Waals surface area (Å²) in [7, 11) is 0. The van der Waals surface area contributed by atoms with Gasteiger partial charge >= 0.3 is 0 Å². The van der Waals surface area contributed by atoms with E-state index >= 15 is 0 Å². The van der Waals surface area contributed by atoms with Crippen molar-refractivity contribution in [3.8, 4) is 0 Å². The topological polar surface area (TPSA) is 97.1 Å². The van der Waals surface area contributed by atoms with Crippen molar-refractivity contribution in [3.63, 3.8) is 0 Å². The van der Waals surface area contributed by atoms with E-state index in [9.17, 15) is 18.3 Å². The van der Waals surface area contributed by atoms with Crippen LogP contribution >= 0.6 is 0 Å². The standard InChI is InChI=1S/C21H23F3N6O2/c22-11-7-15(23)18(16(24)8-11)28-21-27-17-9-25-20(26-12-1-3-14(31)4-2-12)29-19(17)30(21)13-5-6-32-10-13/h7-9,12-14,31H,1-6,10H2,(H,27,28)(H,25,26,29)/i5D2,6D2,10D. The van der Waals surface area contributed by atoms with Crippen molar-refractivity contribution in [2.75, 3.05) is 23.8 Å². The summed E-state index contributed by atoms with van der Waals surface area (Å²) in [5.41, 5.74) is -0.772. The molecule has 0 amide bonds. The van der Waals surface area contributed by atoms with Crippen molar-refractivity contribution >= 4 is 28.7 Å². The van der Waals surface area contributed by atoms with Crippen LogP contribution in [0, 0.1) is 17.5 Å². The molecule has 8 nitrogen and oxygen atoms in total. The Bertz CT molecular complexity index is 1310. The molecule has 0 spiro atoms. The lowest BCUT2D eigenvalue weighted by molar-refractivity contribution is 0.126. The van der Waals surface area contributed by atoms with Crippen molar-refractivity contribution in [1.82, 2.24) is 19.5 Å². The van der Waals surface area contributed by atoms with E-state index in [-0.39, 0.29) is 35.2 Å². The van der Waals surface area contributed by atoms with E-state index in [1.807, 2.05) is 0 Å². The lowest BCUT2D eigenvalue weighted by atomic mass is 9.93. The van der Waals surface area contributed by atoms with Crippen LogP contribution in [0.2, 0.25) is 0 Å². The molecular weight excluding hydrogens is 425 g/mol. The molecule has 2 unspecified atom stereocenters. The van der Waals surface area contributed by atoms with E-state index in [0.29, 0.717) is 37.8 Å². The van der Waals surface area contributed by atoms with E-state index in [4.69, 9.17) is 11.6 Å². The predicted octanol–water partition coefficient (Wildman–Crippen LogP) is 3.66. The lowest BCUT2D eigenvalue weighted by Gasteiger charge is -2.26. The first-order valence-electron chi connectivity index (χ1n) is 12.7. The van der Waals surface area contributed by atoms with Gasteiger partial charge in [-0.15, -0.1) is 0 Å². The molecule has 11 heteroatoms. The van der Waals surface area contributed by atoms with E-state index in [0.717, 1.165) is 4.57 Å². The number of nitrogens with zero attached hydrogens (tertiary/aromatic N) is 4. The fraction of sp³-hybridized carbons (Fsp3) is 0.476. The molecule has 3 aromatic rings. The van der Waals surface area contributed by atoms with Crippen LogP contribution in [0.15, 0.2) is 18.3 Å². The van der Waals surface area contributed by atoms with Crippen molar-refractivity contribution in [2.24, 2.45) is 0 Å². The van der Waals surface area contributed by atoms with Gasteiger partial charge in [-0.05, 0) is 32.1 Å². The van der Waals surface area contributed by atoms with Gasteiger partial charge < -0.3 is 20.5 Å². The second-order valence-electron chi connectivity index (χ2n) is 7.67. The van der Waals surface area contributed by atoms with Crippen molar-refractivity contribution in [3.05, 3.63) is 35.8 Å². The number of aromatic nitrogens is 4. The first-order chi connectivity index (χ1) is 17.4. The normalized spacial score (nSPS) is 31.3. The summed E-state index contributed by atoms with van der Waals surface area (Å²) in [4.78, 5) is 12.8. The molecule has 2 atom stereocenters. The predicted molar refractivity (Wildman–Crippen MR) is 111 cm³/mol. The molecular formula is C21H23F3N6O2. The Morgan fingerprint density at radius 2 is 1.88 bits per heavy atom. The highest BCUT2D eigenvalue weighted by Crippen LogP contribution is 2.32. The molecule has 1 saturated heterocycles. The number of ether oxygens (including phenoxy) is 1. The van der Waals surface area contributed by atoms with Gasteiger partial charge in [0.15, 0.2) is 17.3 Å². The molecule has 1 aliphatic carbocycles. The van der Waals surface area contributed by atoms with Crippen LogP contribution < -0.4 is 10.6 Å². The summed E-state index contributed by atoms with van der Waals surface area (Å²) in [6.45, 7) is -4.65. The number of hydrogen-bond acceptors (Lipinski definition) is 7. The lowest BCUT2D eigenvalue weighted by Crippen LogP contribution is -2.29. The van der Waals surface area contributed by atoms with Gasteiger partial charge in [0.05, 0.1) is 29.0 Å². The molecule has 0 bridgehead atoms. The first-order valence-corrected chi connectivity index (χ1v) is 10.1. The minimum atomic E-state index is -2.87. The van der Waals surface area contributed by atoms with Crippen LogP contribution in [-0.2, 0) is 4.74 Å². The summed E-state index contributed by atoms with van der Waals surface area (Å²) in [6.07, 6.45) is 0.628. The molecule has 2 fully saturated rings. The summed E-state index contributed by atoms with van der Waals surface area (Å²) in [5, 5.41) is 15.3. The number of imidazole rings is 1. The molecule has 3 N–H and O–H groups in total. The van der Waals surface area contributed by atoms with E-state index < -0.39 is 48.7 Å². The molecule has 32 heavy (non-hydrogen) atoms. The molecule has 2 aliphatic rings. The number of fused-ring (bicyclic) bond motifs is 1. The smallest absolute Gasteiger partial charge is 0.224 e. The Kier molecular flexibility index (Phi) is 4.22. The van der Waals surface area contributed by atoms with Crippen LogP contribution in [0.4, 0.5) is 30.8 Å². The number of benzene rings is 1. The highest BCUT2D eigenvalue weighted by Gasteiger charge is 2.27. The van der Waals surface area contributed by atoms with Crippen LogP contribution in [0.1, 0.15) is 45.0 Å². The molecule has 2 aromatic heterocycles. The first kappa shape index (κ1) is 15.8. The van der Waals surface area contributed by atoms with E-state index in [1.54, 1.807) is 0 Å². The number of nitrogens with one attached hydrogen (secondary N) is 2. The molecule has 5 rings (SSSR count). The Morgan fingerprint density at radius 1 is 1.12 bits per heavy atom. The fourth-order valence-electron chi connectivity index (χ4n) is 3.84. The Labute approximate surface area is 188 Å². The summed E-state index contributed by atoms with van der Waals surface area (Å²) in [6, 6.07) is -0.832. The Balaban J connectivity index is 1.62. The highest BCUT2D eigenvalue weighted by atomic mass is 19.1. The Morgan fingerprint density at radius 3 is 2.56 bits per heavy atom. The van der Waals surface area contributed by atoms with Crippen LogP contribution in [-0.4, -0.2) is 49.9 Å². The molecule has 1 aromatic carbocycles. The van der Waals surface area contributed by atoms with Crippen LogP contribution in [0.3, 0.4) is 0 Å². The largest absolute Gasteiger partial charge is 0.393 e. The molecule has 1 aliphatic heterocycles. The van der Waals surface area contributed by atoms with Crippen molar-refractivity contribution in [1.29, 1.82) is 0 Å². The summed E-state index contributed by atoms with van der Waals surface area (Å²) >= 11 is 0. The van der Waals surface area contributed by atoms with Gasteiger partial charge in [-0.3, -0.25) is 4.57 Å². The zero-order chi connectivity index (χ0) is 26.7. The Hall–Kier alpha value is -2.92. The maximum atomic E-state index is 14.4. The van der Waals surface area contributed by atoms with Crippen LogP contribution in [0.25, 0.3) is 11.2 Å².